The van der Waals surface area contributed by atoms with E-state index in [1.54, 1.807) is 6.21 Å². The molecule has 0 atom stereocenters. The zero-order valence-corrected chi connectivity index (χ0v) is 14.2. The lowest BCUT2D eigenvalue weighted by molar-refractivity contribution is 0.252. The highest BCUT2D eigenvalue weighted by Crippen LogP contribution is 2.22. The molecule has 5 heteroatoms. The third-order valence-corrected chi connectivity index (χ3v) is 3.83. The first-order valence-corrected chi connectivity index (χ1v) is 7.99. The van der Waals surface area contributed by atoms with E-state index < -0.39 is 0 Å². The van der Waals surface area contributed by atoms with Crippen LogP contribution in [0.25, 0.3) is 10.8 Å². The summed E-state index contributed by atoms with van der Waals surface area (Å²) < 4.78 is 0. The van der Waals surface area contributed by atoms with Gasteiger partial charge in [-0.15, -0.1) is 0 Å². The number of nitrogens with one attached hydrogen (secondary N) is 2. The zero-order valence-electron chi connectivity index (χ0n) is 14.2. The molecule has 0 saturated carbocycles. The lowest BCUT2D eigenvalue weighted by Crippen LogP contribution is -2.24. The molecule has 0 aliphatic carbocycles. The molecule has 2 amide bonds. The predicted molar refractivity (Wildman–Crippen MR) is 104 cm³/mol. The number of hydrogen-bond acceptors (Lipinski definition) is 3. The fourth-order valence-corrected chi connectivity index (χ4v) is 2.51. The van der Waals surface area contributed by atoms with Gasteiger partial charge in [0, 0.05) is 25.2 Å². The van der Waals surface area contributed by atoms with Gasteiger partial charge in [-0.25, -0.2) is 10.2 Å². The molecule has 0 bridgehead atoms. The molecule has 0 aliphatic rings. The van der Waals surface area contributed by atoms with Crippen LogP contribution < -0.4 is 15.6 Å². The third kappa shape index (κ3) is 4.14. The van der Waals surface area contributed by atoms with E-state index in [4.69, 9.17) is 0 Å². The van der Waals surface area contributed by atoms with E-state index in [-0.39, 0.29) is 6.03 Å². The summed E-state index contributed by atoms with van der Waals surface area (Å²) in [6, 6.07) is 21.2. The van der Waals surface area contributed by atoms with Gasteiger partial charge in [0.05, 0.1) is 11.9 Å². The highest BCUT2D eigenvalue weighted by Gasteiger charge is 2.04. The average Bonchev–Trinajstić information content (AvgIpc) is 2.62. The van der Waals surface area contributed by atoms with Crippen LogP contribution in [0.3, 0.4) is 0 Å². The van der Waals surface area contributed by atoms with Crippen molar-refractivity contribution in [2.45, 2.75) is 0 Å². The van der Waals surface area contributed by atoms with Crippen LogP contribution in [0.2, 0.25) is 0 Å². The number of benzene rings is 3. The summed E-state index contributed by atoms with van der Waals surface area (Å²) in [5, 5.41) is 8.88. The third-order valence-electron chi connectivity index (χ3n) is 3.83. The van der Waals surface area contributed by atoms with Gasteiger partial charge >= 0.3 is 6.03 Å². The number of hydrogen-bond donors (Lipinski definition) is 2. The van der Waals surface area contributed by atoms with Crippen molar-refractivity contribution in [3.63, 3.8) is 0 Å². The Hall–Kier alpha value is -3.34. The van der Waals surface area contributed by atoms with E-state index in [9.17, 15) is 4.79 Å². The van der Waals surface area contributed by atoms with Crippen LogP contribution in [0.5, 0.6) is 0 Å². The van der Waals surface area contributed by atoms with Crippen molar-refractivity contribution in [1.29, 1.82) is 0 Å². The van der Waals surface area contributed by atoms with Crippen molar-refractivity contribution in [2.24, 2.45) is 5.10 Å². The maximum absolute atomic E-state index is 12.0. The van der Waals surface area contributed by atoms with Crippen LogP contribution >= 0.6 is 0 Å². The fourth-order valence-electron chi connectivity index (χ4n) is 2.51. The molecule has 3 aromatic rings. The molecule has 0 aliphatic heterocycles. The highest BCUT2D eigenvalue weighted by atomic mass is 16.2. The molecule has 3 aromatic carbocycles. The number of urea groups is 1. The van der Waals surface area contributed by atoms with Gasteiger partial charge in [-0.1, -0.05) is 48.5 Å². The first-order chi connectivity index (χ1) is 12.1. The van der Waals surface area contributed by atoms with Gasteiger partial charge in [0.1, 0.15) is 0 Å². The zero-order chi connectivity index (χ0) is 17.6. The molecule has 0 saturated heterocycles. The first kappa shape index (κ1) is 16.5. The van der Waals surface area contributed by atoms with E-state index in [0.717, 1.165) is 27.7 Å². The largest absolute Gasteiger partial charge is 0.378 e. The Morgan fingerprint density at radius 2 is 1.68 bits per heavy atom. The second-order valence-electron chi connectivity index (χ2n) is 5.84. The number of anilines is 2. The minimum absolute atomic E-state index is 0.377. The van der Waals surface area contributed by atoms with E-state index in [1.165, 1.54) is 0 Å². The maximum Gasteiger partial charge on any atom is 0.339 e. The van der Waals surface area contributed by atoms with Gasteiger partial charge in [-0.05, 0) is 29.1 Å². The summed E-state index contributed by atoms with van der Waals surface area (Å²) >= 11 is 0. The average molecular weight is 332 g/mol. The molecular weight excluding hydrogens is 312 g/mol. The summed E-state index contributed by atoms with van der Waals surface area (Å²) in [5.74, 6) is 0. The molecule has 126 valence electrons. The van der Waals surface area contributed by atoms with Crippen molar-refractivity contribution < 1.29 is 4.79 Å². The summed E-state index contributed by atoms with van der Waals surface area (Å²) in [6.07, 6.45) is 1.61. The van der Waals surface area contributed by atoms with Gasteiger partial charge in [0.25, 0.3) is 0 Å². The molecule has 5 nitrogen and oxygen atoms in total. The van der Waals surface area contributed by atoms with Crippen LogP contribution in [-0.4, -0.2) is 26.3 Å². The predicted octanol–water partition coefficient (Wildman–Crippen LogP) is 4.06. The van der Waals surface area contributed by atoms with E-state index in [1.807, 2.05) is 85.7 Å². The molecule has 25 heavy (non-hydrogen) atoms. The Bertz CT molecular complexity index is 896. The summed E-state index contributed by atoms with van der Waals surface area (Å²) in [6.45, 7) is 0. The van der Waals surface area contributed by atoms with Crippen LogP contribution in [0.15, 0.2) is 71.8 Å². The van der Waals surface area contributed by atoms with Gasteiger partial charge in [-0.2, -0.15) is 5.10 Å². The number of nitrogens with zero attached hydrogens (tertiary/aromatic N) is 2. The van der Waals surface area contributed by atoms with E-state index in [2.05, 4.69) is 15.8 Å². The first-order valence-electron chi connectivity index (χ1n) is 7.99. The second-order valence-corrected chi connectivity index (χ2v) is 5.84. The molecule has 0 radical (unpaired) electrons. The van der Waals surface area contributed by atoms with Crippen LogP contribution in [0, 0.1) is 0 Å². The molecule has 3 rings (SSSR count). The second kappa shape index (κ2) is 7.49. The van der Waals surface area contributed by atoms with Gasteiger partial charge in [0.2, 0.25) is 0 Å². The van der Waals surface area contributed by atoms with Crippen molar-refractivity contribution in [3.8, 4) is 0 Å². The van der Waals surface area contributed by atoms with Crippen LogP contribution in [-0.2, 0) is 0 Å². The Balaban J connectivity index is 1.62. The summed E-state index contributed by atoms with van der Waals surface area (Å²) in [7, 11) is 3.98. The minimum atomic E-state index is -0.377. The Morgan fingerprint density at radius 1 is 0.960 bits per heavy atom. The molecule has 0 aromatic heterocycles. The summed E-state index contributed by atoms with van der Waals surface area (Å²) in [4.78, 5) is 14.1. The molecule has 0 spiro atoms. The van der Waals surface area contributed by atoms with Crippen LogP contribution in [0.1, 0.15) is 5.56 Å². The topological polar surface area (TPSA) is 56.7 Å². The van der Waals surface area contributed by atoms with Crippen LogP contribution in [0.4, 0.5) is 16.2 Å². The number of carbonyl (C=O) groups excluding carboxylic acids is 1. The number of fused-ring (bicyclic) bond motifs is 1. The molecule has 0 unspecified atom stereocenters. The number of carbonyl (C=O) groups is 1. The molecule has 0 heterocycles. The highest BCUT2D eigenvalue weighted by molar-refractivity contribution is 6.01. The van der Waals surface area contributed by atoms with Gasteiger partial charge < -0.3 is 10.2 Å². The van der Waals surface area contributed by atoms with Crippen molar-refractivity contribution in [3.05, 3.63) is 72.3 Å². The molecule has 0 fully saturated rings. The Kier molecular flexibility index (Phi) is 4.95. The maximum atomic E-state index is 12.0. The summed E-state index contributed by atoms with van der Waals surface area (Å²) in [5.41, 5.74) is 5.26. The quantitative estimate of drug-likeness (QED) is 0.559. The van der Waals surface area contributed by atoms with Gasteiger partial charge in [0.15, 0.2) is 0 Å². The SMILES string of the molecule is CN(C)c1ccc(/C=N\NC(=O)Nc2cccc3ccccc23)cc1. The number of rotatable bonds is 4. The monoisotopic (exact) mass is 332 g/mol. The van der Waals surface area contributed by atoms with Crippen molar-refractivity contribution in [2.75, 3.05) is 24.3 Å². The minimum Gasteiger partial charge on any atom is -0.378 e. The normalized spacial score (nSPS) is 10.8. The lowest BCUT2D eigenvalue weighted by atomic mass is 10.1. The number of hydrazone groups is 1. The number of amides is 2. The standard InChI is InChI=1S/C20H20N4O/c1-24(2)17-12-10-15(11-13-17)14-21-23-20(25)22-19-9-5-7-16-6-3-4-8-18(16)19/h3-14H,1-2H3,(H2,22,23,25)/b21-14-. The Morgan fingerprint density at radius 3 is 2.44 bits per heavy atom. The fraction of sp³-hybridized carbons (Fsp3) is 0.100. The van der Waals surface area contributed by atoms with Crippen molar-refractivity contribution in [1.82, 2.24) is 5.43 Å². The molecule has 2 N–H and O–H groups in total. The van der Waals surface area contributed by atoms with Gasteiger partial charge in [-0.3, -0.25) is 0 Å². The molecular formula is C20H20N4O. The van der Waals surface area contributed by atoms with Crippen molar-refractivity contribution >= 4 is 34.4 Å². The van der Waals surface area contributed by atoms with E-state index in [0.29, 0.717) is 0 Å². The smallest absolute Gasteiger partial charge is 0.339 e. The Labute approximate surface area is 147 Å². The van der Waals surface area contributed by atoms with E-state index >= 15 is 0 Å². The lowest BCUT2D eigenvalue weighted by Gasteiger charge is -2.11.